The van der Waals surface area contributed by atoms with Crippen LogP contribution < -0.4 is 10.2 Å². The Hall–Kier alpha value is -3.25. The summed E-state index contributed by atoms with van der Waals surface area (Å²) in [6.07, 6.45) is 0. The molecule has 0 saturated carbocycles. The number of ether oxygens (including phenoxy) is 1. The quantitative estimate of drug-likeness (QED) is 0.583. The van der Waals surface area contributed by atoms with Gasteiger partial charge in [0.05, 0.1) is 23.5 Å². The molecule has 0 saturated heterocycles. The van der Waals surface area contributed by atoms with Crippen LogP contribution in [0.15, 0.2) is 82.6 Å². The maximum absolute atomic E-state index is 13.1. The fourth-order valence-corrected chi connectivity index (χ4v) is 4.06. The number of benzene rings is 3. The SMILES string of the molecule is CCOC(=O)c1ccc(NC(=O)N2c3ccccc3Sc3ccccc32)cc1. The van der Waals surface area contributed by atoms with Gasteiger partial charge >= 0.3 is 12.0 Å². The second-order valence-electron chi connectivity index (χ2n) is 6.10. The predicted octanol–water partition coefficient (Wildman–Crippen LogP) is 5.70. The van der Waals surface area contributed by atoms with E-state index in [-0.39, 0.29) is 12.0 Å². The van der Waals surface area contributed by atoms with Crippen LogP contribution in [0.2, 0.25) is 0 Å². The van der Waals surface area contributed by atoms with Crippen LogP contribution in [-0.4, -0.2) is 18.6 Å². The van der Waals surface area contributed by atoms with Gasteiger partial charge in [-0.25, -0.2) is 9.59 Å². The van der Waals surface area contributed by atoms with Crippen LogP contribution in [0.25, 0.3) is 0 Å². The average molecular weight is 390 g/mol. The van der Waals surface area contributed by atoms with Crippen LogP contribution in [0, 0.1) is 0 Å². The van der Waals surface area contributed by atoms with Crippen molar-refractivity contribution < 1.29 is 14.3 Å². The largest absolute Gasteiger partial charge is 0.462 e. The van der Waals surface area contributed by atoms with Gasteiger partial charge in [0, 0.05) is 15.5 Å². The summed E-state index contributed by atoms with van der Waals surface area (Å²) >= 11 is 1.65. The monoisotopic (exact) mass is 390 g/mol. The zero-order valence-corrected chi connectivity index (χ0v) is 16.0. The molecular weight excluding hydrogens is 372 g/mol. The molecule has 1 N–H and O–H groups in total. The molecule has 28 heavy (non-hydrogen) atoms. The lowest BCUT2D eigenvalue weighted by atomic mass is 10.2. The standard InChI is InChI=1S/C22H18N2O3S/c1-2-27-21(25)15-11-13-16(14-12-15)23-22(26)24-17-7-3-5-9-19(17)28-20-10-6-4-8-18(20)24/h3-14H,2H2,1H3,(H,23,26). The summed E-state index contributed by atoms with van der Waals surface area (Å²) in [5, 5.41) is 2.92. The zero-order valence-electron chi connectivity index (χ0n) is 15.2. The molecule has 1 heterocycles. The van der Waals surface area contributed by atoms with Crippen molar-refractivity contribution in [2.24, 2.45) is 0 Å². The molecule has 0 atom stereocenters. The number of rotatable bonds is 3. The number of hydrogen-bond acceptors (Lipinski definition) is 4. The maximum Gasteiger partial charge on any atom is 0.338 e. The third kappa shape index (κ3) is 3.46. The molecule has 1 aliphatic rings. The van der Waals surface area contributed by atoms with E-state index in [9.17, 15) is 9.59 Å². The van der Waals surface area contributed by atoms with Gasteiger partial charge in [0.15, 0.2) is 0 Å². The van der Waals surface area contributed by atoms with Crippen LogP contribution in [0.3, 0.4) is 0 Å². The highest BCUT2D eigenvalue weighted by atomic mass is 32.2. The molecule has 0 radical (unpaired) electrons. The van der Waals surface area contributed by atoms with E-state index >= 15 is 0 Å². The van der Waals surface area contributed by atoms with Gasteiger partial charge in [0.25, 0.3) is 0 Å². The molecule has 0 aromatic heterocycles. The van der Waals surface area contributed by atoms with E-state index in [1.165, 1.54) is 0 Å². The van der Waals surface area contributed by atoms with Crippen LogP contribution in [-0.2, 0) is 4.74 Å². The lowest BCUT2D eigenvalue weighted by molar-refractivity contribution is 0.0526. The number of esters is 1. The van der Waals surface area contributed by atoms with Gasteiger partial charge in [-0.2, -0.15) is 0 Å². The normalized spacial score (nSPS) is 12.0. The number of carbonyl (C=O) groups excluding carboxylic acids is 2. The highest BCUT2D eigenvalue weighted by Gasteiger charge is 2.27. The van der Waals surface area contributed by atoms with Crippen molar-refractivity contribution in [3.63, 3.8) is 0 Å². The van der Waals surface area contributed by atoms with Crippen molar-refractivity contribution in [2.75, 3.05) is 16.8 Å². The van der Waals surface area contributed by atoms with E-state index < -0.39 is 0 Å². The van der Waals surface area contributed by atoms with Gasteiger partial charge in [-0.1, -0.05) is 36.0 Å². The number of carbonyl (C=O) groups is 2. The molecule has 140 valence electrons. The Morgan fingerprint density at radius 2 is 1.46 bits per heavy atom. The number of nitrogens with zero attached hydrogens (tertiary/aromatic N) is 1. The number of anilines is 3. The Bertz CT molecular complexity index is 988. The van der Waals surface area contributed by atoms with Crippen molar-refractivity contribution in [3.8, 4) is 0 Å². The van der Waals surface area contributed by atoms with Gasteiger partial charge < -0.3 is 10.1 Å². The Balaban J connectivity index is 1.61. The summed E-state index contributed by atoms with van der Waals surface area (Å²) in [4.78, 5) is 28.6. The molecule has 1 aliphatic heterocycles. The molecule has 3 aromatic carbocycles. The fourth-order valence-electron chi connectivity index (χ4n) is 3.01. The van der Waals surface area contributed by atoms with E-state index in [1.807, 2.05) is 48.5 Å². The minimum Gasteiger partial charge on any atom is -0.462 e. The topological polar surface area (TPSA) is 58.6 Å². The van der Waals surface area contributed by atoms with Gasteiger partial charge in [-0.3, -0.25) is 4.90 Å². The Morgan fingerprint density at radius 3 is 2.04 bits per heavy atom. The van der Waals surface area contributed by atoms with Crippen molar-refractivity contribution in [1.82, 2.24) is 0 Å². The summed E-state index contributed by atoms with van der Waals surface area (Å²) in [5.74, 6) is -0.378. The van der Waals surface area contributed by atoms with Crippen LogP contribution in [0.5, 0.6) is 0 Å². The zero-order chi connectivity index (χ0) is 19.5. The summed E-state index contributed by atoms with van der Waals surface area (Å²) < 4.78 is 4.99. The first-order chi connectivity index (χ1) is 13.7. The van der Waals surface area contributed by atoms with Gasteiger partial charge in [0.1, 0.15) is 0 Å². The first-order valence-corrected chi connectivity index (χ1v) is 9.73. The van der Waals surface area contributed by atoms with E-state index in [0.717, 1.165) is 21.2 Å². The van der Waals surface area contributed by atoms with Crippen molar-refractivity contribution in [2.45, 2.75) is 16.7 Å². The van der Waals surface area contributed by atoms with E-state index in [1.54, 1.807) is 47.9 Å². The van der Waals surface area contributed by atoms with Crippen LogP contribution in [0.4, 0.5) is 21.9 Å². The predicted molar refractivity (Wildman–Crippen MR) is 111 cm³/mol. The number of para-hydroxylation sites is 2. The average Bonchev–Trinajstić information content (AvgIpc) is 2.72. The smallest absolute Gasteiger partial charge is 0.338 e. The van der Waals surface area contributed by atoms with Gasteiger partial charge in [-0.05, 0) is 55.5 Å². The number of amides is 2. The maximum atomic E-state index is 13.1. The molecule has 3 aromatic rings. The second-order valence-corrected chi connectivity index (χ2v) is 7.18. The highest BCUT2D eigenvalue weighted by Crippen LogP contribution is 2.47. The van der Waals surface area contributed by atoms with Gasteiger partial charge in [0.2, 0.25) is 0 Å². The lowest BCUT2D eigenvalue weighted by Gasteiger charge is -2.31. The Kier molecular flexibility index (Phi) is 5.04. The molecule has 0 spiro atoms. The van der Waals surface area contributed by atoms with E-state index in [2.05, 4.69) is 5.32 Å². The molecule has 0 aliphatic carbocycles. The molecule has 4 rings (SSSR count). The van der Waals surface area contributed by atoms with E-state index in [0.29, 0.717) is 17.9 Å². The molecule has 0 unspecified atom stereocenters. The van der Waals surface area contributed by atoms with Crippen LogP contribution >= 0.6 is 11.8 Å². The first kappa shape index (κ1) is 18.1. The molecule has 5 nitrogen and oxygen atoms in total. The van der Waals surface area contributed by atoms with Crippen molar-refractivity contribution >= 4 is 40.8 Å². The fraction of sp³-hybridized carbons (Fsp3) is 0.0909. The van der Waals surface area contributed by atoms with Crippen LogP contribution in [0.1, 0.15) is 17.3 Å². The highest BCUT2D eigenvalue weighted by molar-refractivity contribution is 7.99. The molecule has 0 fully saturated rings. The first-order valence-electron chi connectivity index (χ1n) is 8.91. The summed E-state index contributed by atoms with van der Waals surface area (Å²) in [6, 6.07) is 22.0. The minimum absolute atomic E-state index is 0.260. The Morgan fingerprint density at radius 1 is 0.893 bits per heavy atom. The number of hydrogen-bond donors (Lipinski definition) is 1. The Labute approximate surface area is 167 Å². The summed E-state index contributed by atoms with van der Waals surface area (Å²) in [5.41, 5.74) is 2.73. The molecule has 6 heteroatoms. The number of nitrogens with one attached hydrogen (secondary N) is 1. The lowest BCUT2D eigenvalue weighted by Crippen LogP contribution is -2.32. The molecule has 0 bridgehead atoms. The van der Waals surface area contributed by atoms with E-state index in [4.69, 9.17) is 4.74 Å². The van der Waals surface area contributed by atoms with Gasteiger partial charge in [-0.15, -0.1) is 0 Å². The van der Waals surface area contributed by atoms with Crippen molar-refractivity contribution in [3.05, 3.63) is 78.4 Å². The minimum atomic E-state index is -0.378. The second kappa shape index (κ2) is 7.78. The molecule has 2 amide bonds. The van der Waals surface area contributed by atoms with Crippen molar-refractivity contribution in [1.29, 1.82) is 0 Å². The number of urea groups is 1. The number of fused-ring (bicyclic) bond motifs is 2. The summed E-state index contributed by atoms with van der Waals surface area (Å²) in [6.45, 7) is 2.09. The summed E-state index contributed by atoms with van der Waals surface area (Å²) in [7, 11) is 0. The molecular formula is C22H18N2O3S. The third-order valence-corrected chi connectivity index (χ3v) is 5.41. The third-order valence-electron chi connectivity index (χ3n) is 4.28.